The Kier molecular flexibility index (Phi) is 5.97. The number of hydrogen-bond acceptors (Lipinski definition) is 2. The highest BCUT2D eigenvalue weighted by atomic mass is 16.2. The second-order valence-electron chi connectivity index (χ2n) is 7.25. The summed E-state index contributed by atoms with van der Waals surface area (Å²) in [5.74, 6) is 0.506. The minimum Gasteiger partial charge on any atom is -0.342 e. The normalized spacial score (nSPS) is 13.3. The van der Waals surface area contributed by atoms with Crippen LogP contribution in [0.15, 0.2) is 24.3 Å². The van der Waals surface area contributed by atoms with Gasteiger partial charge in [0.2, 0.25) is 0 Å². The zero-order valence-electron chi connectivity index (χ0n) is 14.3. The van der Waals surface area contributed by atoms with Gasteiger partial charge in [-0.1, -0.05) is 46.8 Å². The first-order valence-corrected chi connectivity index (χ1v) is 7.74. The summed E-state index contributed by atoms with van der Waals surface area (Å²) in [6.45, 7) is 11.4. The Bertz CT molecular complexity index is 457. The van der Waals surface area contributed by atoms with Crippen LogP contribution < -0.4 is 5.73 Å². The van der Waals surface area contributed by atoms with Gasteiger partial charge in [0.15, 0.2) is 0 Å². The third-order valence-corrected chi connectivity index (χ3v) is 4.00. The topological polar surface area (TPSA) is 46.3 Å². The predicted molar refractivity (Wildman–Crippen MR) is 89.5 cm³/mol. The number of carbonyl (C=O) groups is 1. The lowest BCUT2D eigenvalue weighted by atomic mass is 9.86. The molecule has 0 saturated carbocycles. The van der Waals surface area contributed by atoms with Gasteiger partial charge in [0, 0.05) is 25.2 Å². The van der Waals surface area contributed by atoms with Crippen LogP contribution in [0.25, 0.3) is 0 Å². The largest absolute Gasteiger partial charge is 0.342 e. The van der Waals surface area contributed by atoms with Crippen molar-refractivity contribution in [1.29, 1.82) is 0 Å². The lowest BCUT2D eigenvalue weighted by molar-refractivity contribution is 0.0789. The molecule has 21 heavy (non-hydrogen) atoms. The highest BCUT2D eigenvalue weighted by molar-refractivity contribution is 5.94. The maximum absolute atomic E-state index is 12.4. The number of nitrogens with zero attached hydrogens (tertiary/aromatic N) is 1. The van der Waals surface area contributed by atoms with Crippen LogP contribution >= 0.6 is 0 Å². The highest BCUT2D eigenvalue weighted by Crippen LogP contribution is 2.22. The molecule has 3 heteroatoms. The maximum Gasteiger partial charge on any atom is 0.253 e. The molecule has 0 bridgehead atoms. The third kappa shape index (κ3) is 5.16. The number of amides is 1. The summed E-state index contributed by atoms with van der Waals surface area (Å²) in [5.41, 5.74) is 8.12. The van der Waals surface area contributed by atoms with Crippen LogP contribution in [0, 0.1) is 5.92 Å². The summed E-state index contributed by atoms with van der Waals surface area (Å²) in [5, 5.41) is 0. The van der Waals surface area contributed by atoms with Crippen molar-refractivity contribution in [3.8, 4) is 0 Å². The number of carbonyl (C=O) groups excluding carboxylic acids is 1. The number of nitrogens with two attached hydrogens (primary N) is 1. The minimum absolute atomic E-state index is 0.0615. The van der Waals surface area contributed by atoms with E-state index < -0.39 is 0 Å². The van der Waals surface area contributed by atoms with Gasteiger partial charge in [0.1, 0.15) is 0 Å². The van der Waals surface area contributed by atoms with Gasteiger partial charge in [-0.2, -0.15) is 0 Å². The zero-order chi connectivity index (χ0) is 16.2. The van der Waals surface area contributed by atoms with E-state index in [1.54, 1.807) is 4.90 Å². The molecular weight excluding hydrogens is 260 g/mol. The number of hydrogen-bond donors (Lipinski definition) is 1. The summed E-state index contributed by atoms with van der Waals surface area (Å²) >= 11 is 0. The summed E-state index contributed by atoms with van der Waals surface area (Å²) in [7, 11) is 1.84. The zero-order valence-corrected chi connectivity index (χ0v) is 14.3. The molecule has 2 N–H and O–H groups in total. The molecule has 0 aliphatic rings. The van der Waals surface area contributed by atoms with Gasteiger partial charge in [-0.05, 0) is 35.4 Å². The van der Waals surface area contributed by atoms with Gasteiger partial charge in [0.05, 0.1) is 0 Å². The van der Waals surface area contributed by atoms with Crippen LogP contribution in [0.4, 0.5) is 0 Å². The summed E-state index contributed by atoms with van der Waals surface area (Å²) in [4.78, 5) is 14.1. The Morgan fingerprint density at radius 2 is 1.71 bits per heavy atom. The van der Waals surface area contributed by atoms with Crippen molar-refractivity contribution >= 4 is 5.91 Å². The molecule has 1 aromatic rings. The van der Waals surface area contributed by atoms with Gasteiger partial charge < -0.3 is 10.6 Å². The summed E-state index contributed by atoms with van der Waals surface area (Å²) in [6, 6.07) is 8.06. The van der Waals surface area contributed by atoms with Crippen molar-refractivity contribution in [2.75, 3.05) is 13.6 Å². The lowest BCUT2D eigenvalue weighted by Gasteiger charge is -2.22. The second-order valence-corrected chi connectivity index (χ2v) is 7.25. The van der Waals surface area contributed by atoms with E-state index in [-0.39, 0.29) is 17.4 Å². The van der Waals surface area contributed by atoms with Crippen molar-refractivity contribution in [2.24, 2.45) is 11.7 Å². The van der Waals surface area contributed by atoms with Crippen LogP contribution in [0.3, 0.4) is 0 Å². The van der Waals surface area contributed by atoms with E-state index >= 15 is 0 Å². The summed E-state index contributed by atoms with van der Waals surface area (Å²) in [6.07, 6.45) is 0.833. The highest BCUT2D eigenvalue weighted by Gasteiger charge is 2.17. The van der Waals surface area contributed by atoms with E-state index in [0.29, 0.717) is 12.5 Å². The van der Waals surface area contributed by atoms with Crippen molar-refractivity contribution in [3.63, 3.8) is 0 Å². The molecular formula is C18H30N2O. The number of rotatable bonds is 5. The Labute approximate surface area is 129 Å². The molecule has 0 aliphatic heterocycles. The van der Waals surface area contributed by atoms with E-state index in [4.69, 9.17) is 5.73 Å². The van der Waals surface area contributed by atoms with E-state index in [9.17, 15) is 4.79 Å². The standard InChI is InChI=1S/C18H30N2O/c1-13(2)16(19)11-12-20(6)17(21)14-7-9-15(10-8-14)18(3,4)5/h7-10,13,16H,11-12,19H2,1-6H3. The van der Waals surface area contributed by atoms with Crippen LogP contribution in [0.5, 0.6) is 0 Å². The van der Waals surface area contributed by atoms with Crippen LogP contribution in [0.2, 0.25) is 0 Å². The first kappa shape index (κ1) is 17.7. The van der Waals surface area contributed by atoms with E-state index in [1.807, 2.05) is 31.3 Å². The van der Waals surface area contributed by atoms with E-state index in [0.717, 1.165) is 12.0 Å². The Balaban J connectivity index is 2.66. The average Bonchev–Trinajstić information content (AvgIpc) is 2.42. The van der Waals surface area contributed by atoms with Gasteiger partial charge in [-0.3, -0.25) is 4.79 Å². The fourth-order valence-corrected chi connectivity index (χ4v) is 2.11. The molecule has 0 radical (unpaired) electrons. The monoisotopic (exact) mass is 290 g/mol. The number of benzene rings is 1. The van der Waals surface area contributed by atoms with Gasteiger partial charge in [0.25, 0.3) is 5.91 Å². The van der Waals surface area contributed by atoms with Crippen LogP contribution in [-0.2, 0) is 5.41 Å². The molecule has 0 aromatic heterocycles. The molecule has 118 valence electrons. The molecule has 3 nitrogen and oxygen atoms in total. The van der Waals surface area contributed by atoms with E-state index in [1.165, 1.54) is 5.56 Å². The average molecular weight is 290 g/mol. The van der Waals surface area contributed by atoms with Gasteiger partial charge in [-0.15, -0.1) is 0 Å². The smallest absolute Gasteiger partial charge is 0.253 e. The van der Waals surface area contributed by atoms with E-state index in [2.05, 4.69) is 34.6 Å². The Morgan fingerprint density at radius 3 is 2.14 bits per heavy atom. The van der Waals surface area contributed by atoms with Crippen molar-refractivity contribution in [2.45, 2.75) is 52.5 Å². The molecule has 1 unspecified atom stereocenters. The Morgan fingerprint density at radius 1 is 1.19 bits per heavy atom. The minimum atomic E-state index is 0.0615. The summed E-state index contributed by atoms with van der Waals surface area (Å²) < 4.78 is 0. The molecule has 1 atom stereocenters. The first-order chi connectivity index (χ1) is 9.62. The molecule has 0 heterocycles. The fourth-order valence-electron chi connectivity index (χ4n) is 2.11. The second kappa shape index (κ2) is 7.08. The predicted octanol–water partition coefficient (Wildman–Crippen LogP) is 3.43. The van der Waals surface area contributed by atoms with Crippen LogP contribution in [-0.4, -0.2) is 30.4 Å². The molecule has 1 amide bonds. The lowest BCUT2D eigenvalue weighted by Crippen LogP contribution is -2.34. The van der Waals surface area contributed by atoms with Crippen molar-refractivity contribution < 1.29 is 4.79 Å². The quantitative estimate of drug-likeness (QED) is 0.903. The fraction of sp³-hybridized carbons (Fsp3) is 0.611. The van der Waals surface area contributed by atoms with Gasteiger partial charge >= 0.3 is 0 Å². The molecule has 0 spiro atoms. The maximum atomic E-state index is 12.4. The van der Waals surface area contributed by atoms with Crippen molar-refractivity contribution in [3.05, 3.63) is 35.4 Å². The molecule has 0 aliphatic carbocycles. The molecule has 0 saturated heterocycles. The Hall–Kier alpha value is -1.35. The molecule has 1 rings (SSSR count). The first-order valence-electron chi connectivity index (χ1n) is 7.74. The van der Waals surface area contributed by atoms with Gasteiger partial charge in [-0.25, -0.2) is 0 Å². The molecule has 0 fully saturated rings. The molecule has 1 aromatic carbocycles. The van der Waals surface area contributed by atoms with Crippen molar-refractivity contribution in [1.82, 2.24) is 4.90 Å². The van der Waals surface area contributed by atoms with Crippen LogP contribution in [0.1, 0.15) is 57.0 Å². The SMILES string of the molecule is CC(C)C(N)CCN(C)C(=O)c1ccc(C(C)(C)C)cc1. The third-order valence-electron chi connectivity index (χ3n) is 4.00.